The lowest BCUT2D eigenvalue weighted by Gasteiger charge is -2.17. The molecule has 1 atom stereocenters. The van der Waals surface area contributed by atoms with E-state index in [4.69, 9.17) is 5.11 Å². The number of carbonyl (C=O) groups is 1. The first-order valence-electron chi connectivity index (χ1n) is 5.13. The number of rotatable bonds is 5. The molecule has 0 spiro atoms. The minimum atomic E-state index is -0.742. The van der Waals surface area contributed by atoms with Crippen molar-refractivity contribution < 1.29 is 9.90 Å². The molecule has 2 N–H and O–H groups in total. The van der Waals surface area contributed by atoms with Crippen LogP contribution in [0.3, 0.4) is 0 Å². The minimum absolute atomic E-state index is 0.138. The molecule has 1 aromatic rings. The van der Waals surface area contributed by atoms with Gasteiger partial charge in [0, 0.05) is 12.2 Å². The molecule has 15 heavy (non-hydrogen) atoms. The van der Waals surface area contributed by atoms with E-state index in [-0.39, 0.29) is 11.8 Å². The maximum atomic E-state index is 10.9. The van der Waals surface area contributed by atoms with Crippen molar-refractivity contribution in [3.63, 3.8) is 0 Å². The zero-order valence-electron chi connectivity index (χ0n) is 9.10. The monoisotopic (exact) mass is 207 g/mol. The molecule has 0 aliphatic carbocycles. The quantitative estimate of drug-likeness (QED) is 0.779. The van der Waals surface area contributed by atoms with Gasteiger partial charge in [-0.3, -0.25) is 4.79 Å². The first-order chi connectivity index (χ1) is 7.11. The number of para-hydroxylation sites is 1. The van der Waals surface area contributed by atoms with E-state index in [1.54, 1.807) is 0 Å². The Morgan fingerprint density at radius 1 is 1.33 bits per heavy atom. The molecule has 0 heterocycles. The third-order valence-corrected chi connectivity index (χ3v) is 2.42. The van der Waals surface area contributed by atoms with Crippen LogP contribution in [0.4, 0.5) is 5.69 Å². The summed E-state index contributed by atoms with van der Waals surface area (Å²) in [5.74, 6) is -0.947. The van der Waals surface area contributed by atoms with Crippen LogP contribution >= 0.6 is 0 Å². The van der Waals surface area contributed by atoms with E-state index in [1.807, 2.05) is 44.2 Å². The lowest BCUT2D eigenvalue weighted by atomic mass is 9.96. The van der Waals surface area contributed by atoms with Crippen LogP contribution in [0.1, 0.15) is 13.8 Å². The fourth-order valence-corrected chi connectivity index (χ4v) is 1.39. The van der Waals surface area contributed by atoms with Crippen LogP contribution in [0, 0.1) is 11.8 Å². The maximum Gasteiger partial charge on any atom is 0.308 e. The Kier molecular flexibility index (Phi) is 4.16. The Balaban J connectivity index is 2.51. The molecule has 3 nitrogen and oxygen atoms in total. The van der Waals surface area contributed by atoms with E-state index in [0.717, 1.165) is 5.69 Å². The number of hydrogen-bond acceptors (Lipinski definition) is 2. The van der Waals surface area contributed by atoms with Gasteiger partial charge in [-0.1, -0.05) is 32.0 Å². The second-order valence-electron chi connectivity index (χ2n) is 3.94. The van der Waals surface area contributed by atoms with E-state index in [1.165, 1.54) is 0 Å². The van der Waals surface area contributed by atoms with Gasteiger partial charge in [0.05, 0.1) is 5.92 Å². The van der Waals surface area contributed by atoms with Gasteiger partial charge in [-0.25, -0.2) is 0 Å². The lowest BCUT2D eigenvalue weighted by Crippen LogP contribution is -2.27. The van der Waals surface area contributed by atoms with Gasteiger partial charge in [0.25, 0.3) is 0 Å². The highest BCUT2D eigenvalue weighted by molar-refractivity contribution is 5.71. The highest BCUT2D eigenvalue weighted by atomic mass is 16.4. The van der Waals surface area contributed by atoms with E-state index >= 15 is 0 Å². The molecule has 0 aliphatic rings. The summed E-state index contributed by atoms with van der Waals surface area (Å²) in [6, 6.07) is 9.64. The molecule has 0 fully saturated rings. The van der Waals surface area contributed by atoms with Crippen molar-refractivity contribution >= 4 is 11.7 Å². The number of nitrogens with one attached hydrogen (secondary N) is 1. The standard InChI is InChI=1S/C12H17NO2/c1-9(2)11(12(14)15)8-13-10-6-4-3-5-7-10/h3-7,9,11,13H,8H2,1-2H3,(H,14,15). The fraction of sp³-hybridized carbons (Fsp3) is 0.417. The number of anilines is 1. The Hall–Kier alpha value is -1.51. The minimum Gasteiger partial charge on any atom is -0.481 e. The number of aliphatic carboxylic acids is 1. The molecule has 0 aromatic heterocycles. The SMILES string of the molecule is CC(C)C(CNc1ccccc1)C(=O)O. The van der Waals surface area contributed by atoms with E-state index in [2.05, 4.69) is 5.32 Å². The van der Waals surface area contributed by atoms with Crippen molar-refractivity contribution in [3.8, 4) is 0 Å². The lowest BCUT2D eigenvalue weighted by molar-refractivity contribution is -0.142. The Morgan fingerprint density at radius 2 is 1.93 bits per heavy atom. The van der Waals surface area contributed by atoms with Crippen LogP contribution in [0.25, 0.3) is 0 Å². The van der Waals surface area contributed by atoms with Crippen LogP contribution in [0.5, 0.6) is 0 Å². The molecule has 0 aliphatic heterocycles. The predicted octanol–water partition coefficient (Wildman–Crippen LogP) is 2.46. The van der Waals surface area contributed by atoms with Crippen LogP contribution in [0.2, 0.25) is 0 Å². The van der Waals surface area contributed by atoms with E-state index in [9.17, 15) is 4.79 Å². The van der Waals surface area contributed by atoms with Gasteiger partial charge in [0.15, 0.2) is 0 Å². The zero-order chi connectivity index (χ0) is 11.3. The maximum absolute atomic E-state index is 10.9. The molecule has 82 valence electrons. The molecule has 0 radical (unpaired) electrons. The highest BCUT2D eigenvalue weighted by Crippen LogP contribution is 2.13. The molecule has 1 rings (SSSR count). The summed E-state index contributed by atoms with van der Waals surface area (Å²) in [5, 5.41) is 12.1. The molecular formula is C12H17NO2. The van der Waals surface area contributed by atoms with Crippen LogP contribution < -0.4 is 5.32 Å². The fourth-order valence-electron chi connectivity index (χ4n) is 1.39. The first-order valence-corrected chi connectivity index (χ1v) is 5.13. The summed E-state index contributed by atoms with van der Waals surface area (Å²) in [4.78, 5) is 10.9. The van der Waals surface area contributed by atoms with Crippen molar-refractivity contribution in [2.75, 3.05) is 11.9 Å². The van der Waals surface area contributed by atoms with Crippen molar-refractivity contribution in [1.29, 1.82) is 0 Å². The van der Waals surface area contributed by atoms with Gasteiger partial charge in [0.2, 0.25) is 0 Å². The molecule has 3 heteroatoms. The Labute approximate surface area is 90.1 Å². The van der Waals surface area contributed by atoms with Gasteiger partial charge in [-0.2, -0.15) is 0 Å². The van der Waals surface area contributed by atoms with E-state index in [0.29, 0.717) is 6.54 Å². The Morgan fingerprint density at radius 3 is 2.40 bits per heavy atom. The molecule has 1 unspecified atom stereocenters. The summed E-state index contributed by atoms with van der Waals surface area (Å²) in [6.07, 6.45) is 0. The van der Waals surface area contributed by atoms with Gasteiger partial charge in [0.1, 0.15) is 0 Å². The van der Waals surface area contributed by atoms with Gasteiger partial charge in [-0.05, 0) is 18.1 Å². The van der Waals surface area contributed by atoms with Crippen molar-refractivity contribution in [2.24, 2.45) is 11.8 Å². The normalized spacial score (nSPS) is 12.5. The first kappa shape index (κ1) is 11.6. The van der Waals surface area contributed by atoms with Gasteiger partial charge < -0.3 is 10.4 Å². The molecule has 1 aromatic carbocycles. The third-order valence-electron chi connectivity index (χ3n) is 2.42. The zero-order valence-corrected chi connectivity index (χ0v) is 9.10. The average molecular weight is 207 g/mol. The van der Waals surface area contributed by atoms with Crippen LogP contribution in [-0.2, 0) is 4.79 Å². The number of carboxylic acid groups (broad SMARTS) is 1. The van der Waals surface area contributed by atoms with Crippen molar-refractivity contribution in [1.82, 2.24) is 0 Å². The highest BCUT2D eigenvalue weighted by Gasteiger charge is 2.20. The summed E-state index contributed by atoms with van der Waals surface area (Å²) >= 11 is 0. The molecule has 0 saturated heterocycles. The summed E-state index contributed by atoms with van der Waals surface area (Å²) in [7, 11) is 0. The molecule has 0 amide bonds. The Bertz CT molecular complexity index is 309. The molecule has 0 saturated carbocycles. The van der Waals surface area contributed by atoms with Crippen LogP contribution in [0.15, 0.2) is 30.3 Å². The van der Waals surface area contributed by atoms with Crippen molar-refractivity contribution in [2.45, 2.75) is 13.8 Å². The summed E-state index contributed by atoms with van der Waals surface area (Å²) in [6.45, 7) is 4.31. The summed E-state index contributed by atoms with van der Waals surface area (Å²) < 4.78 is 0. The number of benzene rings is 1. The van der Waals surface area contributed by atoms with E-state index < -0.39 is 5.97 Å². The smallest absolute Gasteiger partial charge is 0.308 e. The predicted molar refractivity (Wildman–Crippen MR) is 60.9 cm³/mol. The largest absolute Gasteiger partial charge is 0.481 e. The average Bonchev–Trinajstić information content (AvgIpc) is 2.18. The molecular weight excluding hydrogens is 190 g/mol. The second-order valence-corrected chi connectivity index (χ2v) is 3.94. The van der Waals surface area contributed by atoms with Gasteiger partial charge >= 0.3 is 5.97 Å². The number of carboxylic acids is 1. The van der Waals surface area contributed by atoms with Crippen molar-refractivity contribution in [3.05, 3.63) is 30.3 Å². The van der Waals surface area contributed by atoms with Gasteiger partial charge in [-0.15, -0.1) is 0 Å². The van der Waals surface area contributed by atoms with Crippen LogP contribution in [-0.4, -0.2) is 17.6 Å². The number of hydrogen-bond donors (Lipinski definition) is 2. The summed E-state index contributed by atoms with van der Waals surface area (Å²) in [5.41, 5.74) is 0.962. The molecule has 0 bridgehead atoms. The third kappa shape index (κ3) is 3.62. The topological polar surface area (TPSA) is 49.3 Å². The second kappa shape index (κ2) is 5.39.